The number of rotatable bonds is 2. The van der Waals surface area contributed by atoms with Crippen LogP contribution >= 0.6 is 15.9 Å². The maximum absolute atomic E-state index is 8.91. The van der Waals surface area contributed by atoms with Crippen molar-refractivity contribution >= 4 is 15.9 Å². The lowest BCUT2D eigenvalue weighted by Gasteiger charge is -2.33. The fraction of sp³-hybridized carbons (Fsp3) is 0.462. The van der Waals surface area contributed by atoms with Crippen LogP contribution in [0, 0.1) is 11.3 Å². The second-order valence-electron chi connectivity index (χ2n) is 4.31. The number of ether oxygens (including phenoxy) is 1. The number of benzene rings is 1. The third-order valence-corrected chi connectivity index (χ3v) is 3.83. The molecule has 1 atom stereocenters. The summed E-state index contributed by atoms with van der Waals surface area (Å²) in [6.45, 7) is 5.56. The first kappa shape index (κ1) is 12.6. The number of nitriles is 1. The summed E-state index contributed by atoms with van der Waals surface area (Å²) >= 11 is 3.54. The molecule has 0 saturated carbocycles. The Morgan fingerprint density at radius 3 is 3.12 bits per heavy atom. The fourth-order valence-corrected chi connectivity index (χ4v) is 2.35. The quantitative estimate of drug-likeness (QED) is 0.841. The highest BCUT2D eigenvalue weighted by Crippen LogP contribution is 2.21. The first-order valence-corrected chi connectivity index (χ1v) is 6.50. The van der Waals surface area contributed by atoms with E-state index in [1.54, 1.807) is 0 Å². The fourth-order valence-electron chi connectivity index (χ4n) is 1.98. The molecule has 1 unspecified atom stereocenters. The maximum Gasteiger partial charge on any atom is 0.0991 e. The Balaban J connectivity index is 2.14. The molecule has 0 spiro atoms. The summed E-state index contributed by atoms with van der Waals surface area (Å²) in [5.74, 6) is 0. The molecular weight excluding hydrogens is 280 g/mol. The van der Waals surface area contributed by atoms with Crippen LogP contribution in [0.1, 0.15) is 18.1 Å². The van der Waals surface area contributed by atoms with Crippen LogP contribution in [-0.4, -0.2) is 30.7 Å². The minimum atomic E-state index is 0.432. The van der Waals surface area contributed by atoms with Crippen molar-refractivity contribution in [1.29, 1.82) is 5.26 Å². The average Bonchev–Trinajstić information content (AvgIpc) is 2.35. The number of halogens is 1. The SMILES string of the molecule is CC1COCCN1Cc1cc(C#N)ccc1Br. The predicted molar refractivity (Wildman–Crippen MR) is 69.5 cm³/mol. The van der Waals surface area contributed by atoms with E-state index in [1.165, 1.54) is 0 Å². The molecule has 1 heterocycles. The Morgan fingerprint density at radius 1 is 1.59 bits per heavy atom. The molecule has 1 aromatic rings. The van der Waals surface area contributed by atoms with Crippen molar-refractivity contribution in [3.05, 3.63) is 33.8 Å². The summed E-state index contributed by atoms with van der Waals surface area (Å²) in [6, 6.07) is 8.33. The molecule has 0 aliphatic carbocycles. The van der Waals surface area contributed by atoms with Crippen LogP contribution in [0.2, 0.25) is 0 Å². The van der Waals surface area contributed by atoms with E-state index >= 15 is 0 Å². The van der Waals surface area contributed by atoms with E-state index < -0.39 is 0 Å². The van der Waals surface area contributed by atoms with Crippen LogP contribution in [0.25, 0.3) is 0 Å². The molecule has 90 valence electrons. The van der Waals surface area contributed by atoms with Gasteiger partial charge < -0.3 is 4.74 Å². The average molecular weight is 295 g/mol. The van der Waals surface area contributed by atoms with Gasteiger partial charge in [0, 0.05) is 23.6 Å². The Hall–Kier alpha value is -0.890. The van der Waals surface area contributed by atoms with E-state index in [1.807, 2.05) is 18.2 Å². The van der Waals surface area contributed by atoms with Gasteiger partial charge in [-0.3, -0.25) is 4.90 Å². The minimum absolute atomic E-state index is 0.432. The molecule has 1 aliphatic rings. The van der Waals surface area contributed by atoms with Gasteiger partial charge in [-0.05, 0) is 30.7 Å². The molecule has 1 fully saturated rings. The zero-order chi connectivity index (χ0) is 12.3. The summed E-state index contributed by atoms with van der Waals surface area (Å²) < 4.78 is 6.48. The Morgan fingerprint density at radius 2 is 2.41 bits per heavy atom. The van der Waals surface area contributed by atoms with Gasteiger partial charge in [-0.25, -0.2) is 0 Å². The molecule has 2 rings (SSSR count). The minimum Gasteiger partial charge on any atom is -0.379 e. The first-order valence-electron chi connectivity index (χ1n) is 5.71. The normalized spacial score (nSPS) is 21.1. The zero-order valence-corrected chi connectivity index (χ0v) is 11.4. The summed E-state index contributed by atoms with van der Waals surface area (Å²) in [7, 11) is 0. The van der Waals surface area contributed by atoms with E-state index in [2.05, 4.69) is 33.8 Å². The predicted octanol–water partition coefficient (Wildman–Crippen LogP) is 2.54. The van der Waals surface area contributed by atoms with Gasteiger partial charge in [0.25, 0.3) is 0 Å². The van der Waals surface area contributed by atoms with Gasteiger partial charge in [0.2, 0.25) is 0 Å². The second-order valence-corrected chi connectivity index (χ2v) is 5.17. The maximum atomic E-state index is 8.91. The van der Waals surface area contributed by atoms with E-state index in [9.17, 15) is 0 Å². The summed E-state index contributed by atoms with van der Waals surface area (Å²) in [5.41, 5.74) is 1.88. The number of hydrogen-bond acceptors (Lipinski definition) is 3. The molecule has 0 N–H and O–H groups in total. The van der Waals surface area contributed by atoms with E-state index in [-0.39, 0.29) is 0 Å². The summed E-state index contributed by atoms with van der Waals surface area (Å²) in [6.07, 6.45) is 0. The Bertz CT molecular complexity index is 442. The van der Waals surface area contributed by atoms with E-state index in [0.717, 1.165) is 36.3 Å². The van der Waals surface area contributed by atoms with Gasteiger partial charge in [-0.1, -0.05) is 15.9 Å². The highest BCUT2D eigenvalue weighted by atomic mass is 79.9. The lowest BCUT2D eigenvalue weighted by molar-refractivity contribution is -0.00445. The molecule has 17 heavy (non-hydrogen) atoms. The molecule has 4 heteroatoms. The van der Waals surface area contributed by atoms with Crippen LogP contribution in [0.15, 0.2) is 22.7 Å². The standard InChI is InChI=1S/C13H15BrN2O/c1-10-9-17-5-4-16(10)8-12-6-11(7-15)2-3-13(12)14/h2-3,6,10H,4-5,8-9H2,1H3. The third-order valence-electron chi connectivity index (χ3n) is 3.05. The van der Waals surface area contributed by atoms with Gasteiger partial charge in [0.15, 0.2) is 0 Å². The zero-order valence-electron chi connectivity index (χ0n) is 9.82. The summed E-state index contributed by atoms with van der Waals surface area (Å²) in [4.78, 5) is 2.38. The van der Waals surface area contributed by atoms with Gasteiger partial charge >= 0.3 is 0 Å². The first-order chi connectivity index (χ1) is 8.20. The number of morpholine rings is 1. The second kappa shape index (κ2) is 5.63. The largest absolute Gasteiger partial charge is 0.379 e. The smallest absolute Gasteiger partial charge is 0.0991 e. The van der Waals surface area contributed by atoms with Gasteiger partial charge in [0.1, 0.15) is 0 Å². The molecule has 0 amide bonds. The highest BCUT2D eigenvalue weighted by molar-refractivity contribution is 9.10. The van der Waals surface area contributed by atoms with Crippen molar-refractivity contribution in [2.75, 3.05) is 19.8 Å². The van der Waals surface area contributed by atoms with Crippen LogP contribution in [0.4, 0.5) is 0 Å². The van der Waals surface area contributed by atoms with E-state index in [0.29, 0.717) is 11.6 Å². The molecule has 0 aromatic heterocycles. The van der Waals surface area contributed by atoms with Crippen LogP contribution in [0.5, 0.6) is 0 Å². The topological polar surface area (TPSA) is 36.3 Å². The van der Waals surface area contributed by atoms with Crippen molar-refractivity contribution in [3.63, 3.8) is 0 Å². The number of hydrogen-bond donors (Lipinski definition) is 0. The molecule has 3 nitrogen and oxygen atoms in total. The Labute approximate surface area is 110 Å². The molecule has 1 aliphatic heterocycles. The lowest BCUT2D eigenvalue weighted by atomic mass is 10.1. The van der Waals surface area contributed by atoms with Crippen LogP contribution < -0.4 is 0 Å². The van der Waals surface area contributed by atoms with Crippen LogP contribution in [0.3, 0.4) is 0 Å². The number of nitrogens with zero attached hydrogens (tertiary/aromatic N) is 2. The van der Waals surface area contributed by atoms with Crippen molar-refractivity contribution in [3.8, 4) is 6.07 Å². The third kappa shape index (κ3) is 3.06. The molecular formula is C13H15BrN2O. The molecule has 1 saturated heterocycles. The molecule has 1 aromatic carbocycles. The summed E-state index contributed by atoms with van der Waals surface area (Å²) in [5, 5.41) is 8.91. The Kier molecular flexibility index (Phi) is 4.16. The molecule has 0 radical (unpaired) electrons. The van der Waals surface area contributed by atoms with Gasteiger partial charge in [-0.15, -0.1) is 0 Å². The van der Waals surface area contributed by atoms with E-state index in [4.69, 9.17) is 10.00 Å². The van der Waals surface area contributed by atoms with Gasteiger partial charge in [0.05, 0.1) is 24.8 Å². The van der Waals surface area contributed by atoms with Crippen molar-refractivity contribution in [1.82, 2.24) is 4.90 Å². The molecule has 0 bridgehead atoms. The van der Waals surface area contributed by atoms with Crippen molar-refractivity contribution < 1.29 is 4.74 Å². The highest BCUT2D eigenvalue weighted by Gasteiger charge is 2.19. The van der Waals surface area contributed by atoms with Crippen LogP contribution in [-0.2, 0) is 11.3 Å². The van der Waals surface area contributed by atoms with Gasteiger partial charge in [-0.2, -0.15) is 5.26 Å². The van der Waals surface area contributed by atoms with Crippen molar-refractivity contribution in [2.24, 2.45) is 0 Å². The van der Waals surface area contributed by atoms with Crippen molar-refractivity contribution in [2.45, 2.75) is 19.5 Å². The lowest BCUT2D eigenvalue weighted by Crippen LogP contribution is -2.42. The monoisotopic (exact) mass is 294 g/mol.